The predicted octanol–water partition coefficient (Wildman–Crippen LogP) is 5.49. The molecular weight excluding hydrogens is 697 g/mol. The van der Waals surface area contributed by atoms with Crippen molar-refractivity contribution in [2.24, 2.45) is 11.8 Å². The van der Waals surface area contributed by atoms with E-state index < -0.39 is 17.7 Å². The number of benzene rings is 3. The van der Waals surface area contributed by atoms with Crippen molar-refractivity contribution in [1.29, 1.82) is 5.41 Å². The first-order valence-electron chi connectivity index (χ1n) is 19.3. The first kappa shape index (κ1) is 41.1. The number of nitrogens with one attached hydrogen (secondary N) is 4. The van der Waals surface area contributed by atoms with Crippen molar-refractivity contribution in [2.45, 2.75) is 71.4 Å². The average molecular weight is 753 g/mol. The van der Waals surface area contributed by atoms with Crippen molar-refractivity contribution in [3.05, 3.63) is 89.5 Å². The third-order valence-corrected chi connectivity index (χ3v) is 10.3. The summed E-state index contributed by atoms with van der Waals surface area (Å²) in [5.74, 6) is -0.527. The van der Waals surface area contributed by atoms with Crippen LogP contribution in [0.3, 0.4) is 0 Å². The zero-order valence-corrected chi connectivity index (χ0v) is 32.5. The zero-order chi connectivity index (χ0) is 39.5. The highest BCUT2D eigenvalue weighted by molar-refractivity contribution is 5.99. The molecule has 1 aliphatic carbocycles. The molecule has 1 aliphatic heterocycles. The van der Waals surface area contributed by atoms with E-state index in [1.165, 1.54) is 0 Å². The van der Waals surface area contributed by atoms with Crippen LogP contribution in [0.2, 0.25) is 0 Å². The standard InChI is InChI=1S/C43H56N6O6/c1-29(44)32-16-18-37(19-17-32)46-40(52)38(47-39(51)34-10-8-30(9-11-34)28-45-42(54)55-43(2,3)4)27-31-6-5-7-36(26-31)33-12-14-35(15-13-33)41(53)49-22-20-48(21-23-49)24-25-50/h5-7,12-19,26,30,34,38,44,50H,8-11,20-25,27-28H2,1-4H3,(H,45,54)(H,46,52)(H,47,51)/t30?,34?,38-/m0/s1. The highest BCUT2D eigenvalue weighted by atomic mass is 16.6. The van der Waals surface area contributed by atoms with Crippen LogP contribution in [0.5, 0.6) is 0 Å². The minimum atomic E-state index is -0.851. The molecule has 12 nitrogen and oxygen atoms in total. The van der Waals surface area contributed by atoms with E-state index in [-0.39, 0.29) is 42.6 Å². The molecule has 55 heavy (non-hydrogen) atoms. The normalized spacial score (nSPS) is 18.2. The van der Waals surface area contributed by atoms with E-state index in [9.17, 15) is 24.3 Å². The second-order valence-corrected chi connectivity index (χ2v) is 15.7. The van der Waals surface area contributed by atoms with Gasteiger partial charge >= 0.3 is 6.09 Å². The van der Waals surface area contributed by atoms with Crippen LogP contribution in [0.25, 0.3) is 11.1 Å². The Labute approximate surface area is 324 Å². The van der Waals surface area contributed by atoms with E-state index in [2.05, 4.69) is 20.9 Å². The van der Waals surface area contributed by atoms with Gasteiger partial charge in [0.1, 0.15) is 11.6 Å². The summed E-state index contributed by atoms with van der Waals surface area (Å²) in [4.78, 5) is 56.9. The lowest BCUT2D eigenvalue weighted by Gasteiger charge is -2.34. The van der Waals surface area contributed by atoms with Gasteiger partial charge in [0, 0.05) is 68.6 Å². The van der Waals surface area contributed by atoms with Gasteiger partial charge < -0.3 is 36.1 Å². The summed E-state index contributed by atoms with van der Waals surface area (Å²) >= 11 is 0. The molecule has 2 fully saturated rings. The van der Waals surface area contributed by atoms with Crippen LogP contribution in [-0.4, -0.2) is 102 Å². The van der Waals surface area contributed by atoms with Crippen LogP contribution in [0.15, 0.2) is 72.8 Å². The lowest BCUT2D eigenvalue weighted by molar-refractivity contribution is -0.130. The van der Waals surface area contributed by atoms with Crippen LogP contribution in [-0.2, 0) is 20.7 Å². The van der Waals surface area contributed by atoms with Gasteiger partial charge in [-0.05, 0) is 106 Å². The van der Waals surface area contributed by atoms with Crippen molar-refractivity contribution >= 4 is 35.2 Å². The molecule has 12 heteroatoms. The SMILES string of the molecule is CC(=N)c1ccc(NC(=O)[C@H](Cc2cccc(-c3ccc(C(=O)N4CCN(CCO)CC4)cc3)c2)NC(=O)C2CCC(CNC(=O)OC(C)(C)C)CC2)cc1. The number of nitrogens with zero attached hydrogens (tertiary/aromatic N) is 2. The summed E-state index contributed by atoms with van der Waals surface area (Å²) in [5.41, 5.74) is 4.52. The number of rotatable bonds is 13. The molecule has 4 amide bonds. The summed E-state index contributed by atoms with van der Waals surface area (Å²) < 4.78 is 5.36. The second-order valence-electron chi connectivity index (χ2n) is 15.7. The number of hydrogen-bond donors (Lipinski definition) is 5. The van der Waals surface area contributed by atoms with E-state index in [0.717, 1.165) is 48.2 Å². The molecule has 0 aromatic heterocycles. The van der Waals surface area contributed by atoms with Gasteiger partial charge in [0.15, 0.2) is 0 Å². The Morgan fingerprint density at radius 1 is 0.873 bits per heavy atom. The molecule has 0 radical (unpaired) electrons. The summed E-state index contributed by atoms with van der Waals surface area (Å²) in [6.45, 7) is 11.1. The fraction of sp³-hybridized carbons (Fsp3) is 0.465. The molecule has 0 unspecified atom stereocenters. The highest BCUT2D eigenvalue weighted by Gasteiger charge is 2.30. The number of aliphatic hydroxyl groups excluding tert-OH is 1. The second kappa shape index (κ2) is 19.0. The van der Waals surface area contributed by atoms with Crippen molar-refractivity contribution < 1.29 is 29.0 Å². The maximum atomic E-state index is 13.8. The quantitative estimate of drug-likeness (QED) is 0.144. The molecule has 1 saturated carbocycles. The Balaban J connectivity index is 1.24. The number of anilines is 1. The van der Waals surface area contributed by atoms with E-state index >= 15 is 0 Å². The number of carbonyl (C=O) groups excluding carboxylic acids is 4. The summed E-state index contributed by atoms with van der Waals surface area (Å²) in [7, 11) is 0. The number of ether oxygens (including phenoxy) is 1. The van der Waals surface area contributed by atoms with Gasteiger partial charge in [0.2, 0.25) is 11.8 Å². The maximum Gasteiger partial charge on any atom is 0.407 e. The van der Waals surface area contributed by atoms with Gasteiger partial charge in [-0.2, -0.15) is 0 Å². The number of amides is 4. The molecule has 5 rings (SSSR count). The average Bonchev–Trinajstić information content (AvgIpc) is 3.17. The highest BCUT2D eigenvalue weighted by Crippen LogP contribution is 2.29. The van der Waals surface area contributed by atoms with Crippen LogP contribution in [0.4, 0.5) is 10.5 Å². The molecule has 3 aromatic rings. The number of β-amino-alcohol motifs (C(OH)–C–C–N with tert-alkyl or cyclic N) is 1. The number of hydrogen-bond acceptors (Lipinski definition) is 8. The van der Waals surface area contributed by atoms with Crippen LogP contribution in [0.1, 0.15) is 74.9 Å². The molecule has 0 spiro atoms. The lowest BCUT2D eigenvalue weighted by atomic mass is 9.81. The Bertz CT molecular complexity index is 1790. The Morgan fingerprint density at radius 2 is 1.53 bits per heavy atom. The van der Waals surface area contributed by atoms with Crippen molar-refractivity contribution in [3.63, 3.8) is 0 Å². The number of aliphatic hydroxyl groups is 1. The third-order valence-electron chi connectivity index (χ3n) is 10.3. The third kappa shape index (κ3) is 12.2. The molecule has 1 saturated heterocycles. The van der Waals surface area contributed by atoms with E-state index in [4.69, 9.17) is 10.1 Å². The maximum absolute atomic E-state index is 13.8. The van der Waals surface area contributed by atoms with E-state index in [1.807, 2.05) is 74.2 Å². The largest absolute Gasteiger partial charge is 0.444 e. The van der Waals surface area contributed by atoms with Gasteiger partial charge in [-0.15, -0.1) is 0 Å². The number of piperazine rings is 1. The number of alkyl carbamates (subject to hydrolysis) is 1. The molecule has 2 aliphatic rings. The Hall–Kier alpha value is -5.07. The van der Waals surface area contributed by atoms with Gasteiger partial charge in [0.05, 0.1) is 6.61 Å². The van der Waals surface area contributed by atoms with Crippen LogP contribution < -0.4 is 16.0 Å². The first-order valence-corrected chi connectivity index (χ1v) is 19.3. The molecule has 0 bridgehead atoms. The molecule has 294 valence electrons. The van der Waals surface area contributed by atoms with Gasteiger partial charge in [-0.1, -0.05) is 48.5 Å². The summed E-state index contributed by atoms with van der Waals surface area (Å²) in [6.07, 6.45) is 2.67. The van der Waals surface area contributed by atoms with Gasteiger partial charge in [-0.3, -0.25) is 19.3 Å². The molecule has 5 N–H and O–H groups in total. The minimum absolute atomic E-state index is 0.0119. The van der Waals surface area contributed by atoms with Crippen molar-refractivity contribution in [2.75, 3.05) is 51.2 Å². The molecule has 1 heterocycles. The Kier molecular flexibility index (Phi) is 14.2. The molecule has 1 atom stereocenters. The number of carbonyl (C=O) groups is 4. The smallest absolute Gasteiger partial charge is 0.407 e. The summed E-state index contributed by atoms with van der Waals surface area (Å²) in [5, 5.41) is 26.0. The first-order chi connectivity index (χ1) is 26.3. The lowest BCUT2D eigenvalue weighted by Crippen LogP contribution is -2.49. The molecular formula is C43H56N6O6. The van der Waals surface area contributed by atoms with E-state index in [0.29, 0.717) is 56.0 Å². The van der Waals surface area contributed by atoms with Gasteiger partial charge in [-0.25, -0.2) is 4.79 Å². The fourth-order valence-electron chi connectivity index (χ4n) is 7.12. The zero-order valence-electron chi connectivity index (χ0n) is 32.5. The van der Waals surface area contributed by atoms with Crippen LogP contribution in [0, 0.1) is 17.2 Å². The van der Waals surface area contributed by atoms with E-state index in [1.54, 1.807) is 31.2 Å². The van der Waals surface area contributed by atoms with Crippen molar-refractivity contribution in [1.82, 2.24) is 20.4 Å². The Morgan fingerprint density at radius 3 is 2.15 bits per heavy atom. The van der Waals surface area contributed by atoms with Crippen molar-refractivity contribution in [3.8, 4) is 11.1 Å². The van der Waals surface area contributed by atoms with Gasteiger partial charge in [0.25, 0.3) is 5.91 Å². The van der Waals surface area contributed by atoms with Crippen LogP contribution >= 0.6 is 0 Å². The minimum Gasteiger partial charge on any atom is -0.444 e. The summed E-state index contributed by atoms with van der Waals surface area (Å²) in [6, 6.07) is 21.6. The topological polar surface area (TPSA) is 164 Å². The molecule has 3 aromatic carbocycles. The monoisotopic (exact) mass is 752 g/mol. The fourth-order valence-corrected chi connectivity index (χ4v) is 7.12. The predicted molar refractivity (Wildman–Crippen MR) is 214 cm³/mol.